The van der Waals surface area contributed by atoms with Crippen molar-refractivity contribution in [1.29, 1.82) is 0 Å². The first-order valence-corrected chi connectivity index (χ1v) is 8.88. The number of hydrogen-bond donors (Lipinski definition) is 1. The average Bonchev–Trinajstić information content (AvgIpc) is 2.80. The summed E-state index contributed by atoms with van der Waals surface area (Å²) in [5.41, 5.74) is 0.971. The molecule has 2 aliphatic rings. The number of methoxy groups -OCH3 is 1. The normalized spacial score (nSPS) is 24.9. The molecule has 1 N–H and O–H groups in total. The number of ether oxygens (including phenoxy) is 1. The van der Waals surface area contributed by atoms with E-state index < -0.39 is 0 Å². The highest BCUT2D eigenvalue weighted by molar-refractivity contribution is 6.30. The molecule has 6 heteroatoms. The SMILES string of the molecule is COc1ccc(Cl)cc1C[NH+](C)CN1C(=O)[C@H]2CCCC[C@H]2C1=O. The zero-order valence-electron chi connectivity index (χ0n) is 14.2. The molecule has 0 radical (unpaired) electrons. The van der Waals surface area contributed by atoms with Gasteiger partial charge in [0.1, 0.15) is 12.3 Å². The van der Waals surface area contributed by atoms with Crippen LogP contribution in [0.4, 0.5) is 0 Å². The van der Waals surface area contributed by atoms with Crippen molar-refractivity contribution < 1.29 is 19.2 Å². The molecule has 5 nitrogen and oxygen atoms in total. The number of carbonyl (C=O) groups excluding carboxylic acids is 2. The van der Waals surface area contributed by atoms with Crippen molar-refractivity contribution in [2.75, 3.05) is 20.8 Å². The van der Waals surface area contributed by atoms with E-state index in [-0.39, 0.29) is 23.7 Å². The smallest absolute Gasteiger partial charge is 0.237 e. The molecule has 1 aromatic carbocycles. The molecule has 1 saturated carbocycles. The predicted molar refractivity (Wildman–Crippen MR) is 90.8 cm³/mol. The van der Waals surface area contributed by atoms with E-state index >= 15 is 0 Å². The number of quaternary nitrogens is 1. The fraction of sp³-hybridized carbons (Fsp3) is 0.556. The Kier molecular flexibility index (Phi) is 5.11. The first-order valence-electron chi connectivity index (χ1n) is 8.50. The molecule has 1 aliphatic carbocycles. The van der Waals surface area contributed by atoms with Crippen LogP contribution >= 0.6 is 11.6 Å². The largest absolute Gasteiger partial charge is 0.496 e. The fourth-order valence-corrected chi connectivity index (χ4v) is 4.12. The van der Waals surface area contributed by atoms with E-state index in [4.69, 9.17) is 16.3 Å². The molecule has 130 valence electrons. The first-order chi connectivity index (χ1) is 11.5. The lowest BCUT2D eigenvalue weighted by Crippen LogP contribution is -3.09. The third kappa shape index (κ3) is 3.28. The van der Waals surface area contributed by atoms with Gasteiger partial charge in [0.15, 0.2) is 6.67 Å². The van der Waals surface area contributed by atoms with Gasteiger partial charge in [-0.3, -0.25) is 9.59 Å². The summed E-state index contributed by atoms with van der Waals surface area (Å²) in [5, 5.41) is 0.651. The van der Waals surface area contributed by atoms with Gasteiger partial charge in [-0.2, -0.15) is 0 Å². The van der Waals surface area contributed by atoms with Crippen molar-refractivity contribution in [3.05, 3.63) is 28.8 Å². The summed E-state index contributed by atoms with van der Waals surface area (Å²) in [5.74, 6) is 0.634. The van der Waals surface area contributed by atoms with Crippen LogP contribution in [-0.2, 0) is 16.1 Å². The molecule has 1 aromatic rings. The van der Waals surface area contributed by atoms with E-state index in [0.29, 0.717) is 18.2 Å². The molecule has 2 amide bonds. The Bertz CT molecular complexity index is 625. The number of halogens is 1. The lowest BCUT2D eigenvalue weighted by Gasteiger charge is -2.21. The van der Waals surface area contributed by atoms with Crippen molar-refractivity contribution >= 4 is 23.4 Å². The minimum atomic E-state index is -0.0836. The lowest BCUT2D eigenvalue weighted by atomic mass is 9.81. The van der Waals surface area contributed by atoms with Crippen LogP contribution < -0.4 is 9.64 Å². The van der Waals surface area contributed by atoms with E-state index in [9.17, 15) is 9.59 Å². The molecule has 1 saturated heterocycles. The van der Waals surface area contributed by atoms with Crippen molar-refractivity contribution in [1.82, 2.24) is 4.90 Å². The second-order valence-corrected chi connectivity index (χ2v) is 7.29. The minimum Gasteiger partial charge on any atom is -0.496 e. The van der Waals surface area contributed by atoms with Crippen molar-refractivity contribution in [3.8, 4) is 5.75 Å². The topological polar surface area (TPSA) is 51.1 Å². The van der Waals surface area contributed by atoms with Crippen molar-refractivity contribution in [2.24, 2.45) is 11.8 Å². The van der Waals surface area contributed by atoms with Crippen LogP contribution in [0, 0.1) is 11.8 Å². The molecule has 3 atom stereocenters. The number of fused-ring (bicyclic) bond motifs is 1. The number of carbonyl (C=O) groups is 2. The number of hydrogen-bond acceptors (Lipinski definition) is 3. The maximum absolute atomic E-state index is 12.6. The van der Waals surface area contributed by atoms with E-state index in [0.717, 1.165) is 41.9 Å². The maximum Gasteiger partial charge on any atom is 0.237 e. The first kappa shape index (κ1) is 17.2. The summed E-state index contributed by atoms with van der Waals surface area (Å²) in [7, 11) is 3.60. The molecule has 1 aliphatic heterocycles. The van der Waals surface area contributed by atoms with E-state index in [1.807, 2.05) is 19.2 Å². The Morgan fingerprint density at radius 3 is 2.42 bits per heavy atom. The fourth-order valence-electron chi connectivity index (χ4n) is 3.92. The Morgan fingerprint density at radius 2 is 1.83 bits per heavy atom. The summed E-state index contributed by atoms with van der Waals surface area (Å²) in [4.78, 5) is 27.6. The van der Waals surface area contributed by atoms with E-state index in [2.05, 4.69) is 0 Å². The molecule has 24 heavy (non-hydrogen) atoms. The average molecular weight is 352 g/mol. The second-order valence-electron chi connectivity index (χ2n) is 6.85. The molecule has 1 heterocycles. The summed E-state index contributed by atoms with van der Waals surface area (Å²) in [6, 6.07) is 5.50. The van der Waals surface area contributed by atoms with Gasteiger partial charge in [-0.15, -0.1) is 0 Å². The third-order valence-corrected chi connectivity index (χ3v) is 5.33. The highest BCUT2D eigenvalue weighted by atomic mass is 35.5. The Balaban J connectivity index is 1.69. The van der Waals surface area contributed by atoms with Crippen LogP contribution in [0.25, 0.3) is 0 Å². The van der Waals surface area contributed by atoms with Crippen molar-refractivity contribution in [3.63, 3.8) is 0 Å². The van der Waals surface area contributed by atoms with E-state index in [1.54, 1.807) is 13.2 Å². The zero-order chi connectivity index (χ0) is 17.3. The van der Waals surface area contributed by atoms with Crippen LogP contribution in [0.5, 0.6) is 5.75 Å². The lowest BCUT2D eigenvalue weighted by molar-refractivity contribution is -0.901. The summed E-state index contributed by atoms with van der Waals surface area (Å²) < 4.78 is 5.37. The molecule has 2 fully saturated rings. The Hall–Kier alpha value is -1.59. The van der Waals surface area contributed by atoms with E-state index in [1.165, 1.54) is 4.90 Å². The number of likely N-dealkylation sites (tertiary alicyclic amines) is 1. The van der Waals surface area contributed by atoms with Crippen LogP contribution in [0.1, 0.15) is 31.2 Å². The number of benzene rings is 1. The Labute approximate surface area is 147 Å². The van der Waals surface area contributed by atoms with Gasteiger partial charge in [-0.1, -0.05) is 24.4 Å². The summed E-state index contributed by atoms with van der Waals surface area (Å²) >= 11 is 6.07. The maximum atomic E-state index is 12.6. The van der Waals surface area contributed by atoms with Gasteiger partial charge in [0.25, 0.3) is 0 Å². The van der Waals surface area contributed by atoms with Crippen LogP contribution in [0.3, 0.4) is 0 Å². The molecular formula is C18H24ClN2O3+. The van der Waals surface area contributed by atoms with Crippen molar-refractivity contribution in [2.45, 2.75) is 32.2 Å². The molecule has 0 aromatic heterocycles. The number of rotatable bonds is 5. The Morgan fingerprint density at radius 1 is 1.21 bits per heavy atom. The van der Waals surface area contributed by atoms with Gasteiger partial charge in [0, 0.05) is 10.6 Å². The zero-order valence-corrected chi connectivity index (χ0v) is 14.9. The van der Waals surface area contributed by atoms with Gasteiger partial charge in [0.05, 0.1) is 26.0 Å². The monoisotopic (exact) mass is 351 g/mol. The minimum absolute atomic E-state index is 0.0158. The van der Waals surface area contributed by atoms with Gasteiger partial charge >= 0.3 is 0 Å². The standard InChI is InChI=1S/C18H23ClN2O3/c1-20(10-12-9-13(19)7-8-16(12)24-2)11-21-17(22)14-5-3-4-6-15(14)18(21)23/h7-9,14-15H,3-6,10-11H2,1-2H3/p+1/t14-,15+. The number of amides is 2. The molecular weight excluding hydrogens is 328 g/mol. The van der Waals surface area contributed by atoms with Crippen LogP contribution in [0.15, 0.2) is 18.2 Å². The number of nitrogens with one attached hydrogen (secondary N) is 1. The predicted octanol–water partition coefficient (Wildman–Crippen LogP) is 1.50. The summed E-state index contributed by atoms with van der Waals surface area (Å²) in [6.07, 6.45) is 3.81. The second kappa shape index (κ2) is 7.11. The van der Waals surface area contributed by atoms with Gasteiger partial charge in [-0.25, -0.2) is 4.90 Å². The molecule has 0 bridgehead atoms. The van der Waals surface area contributed by atoms with Crippen LogP contribution in [0.2, 0.25) is 5.02 Å². The molecule has 3 rings (SSSR count). The highest BCUT2D eigenvalue weighted by Crippen LogP contribution is 2.37. The quantitative estimate of drug-likeness (QED) is 0.818. The summed E-state index contributed by atoms with van der Waals surface area (Å²) in [6.45, 7) is 1.02. The van der Waals surface area contributed by atoms with Crippen LogP contribution in [-0.4, -0.2) is 37.5 Å². The number of nitrogens with zero attached hydrogens (tertiary/aromatic N) is 1. The molecule has 0 spiro atoms. The third-order valence-electron chi connectivity index (χ3n) is 5.10. The van der Waals surface area contributed by atoms with Gasteiger partial charge in [0.2, 0.25) is 11.8 Å². The highest BCUT2D eigenvalue weighted by Gasteiger charge is 2.49. The van der Waals surface area contributed by atoms with Gasteiger partial charge in [-0.05, 0) is 31.0 Å². The van der Waals surface area contributed by atoms with Gasteiger partial charge < -0.3 is 9.64 Å². The number of imide groups is 1. The molecule has 1 unspecified atom stereocenters.